The van der Waals surface area contributed by atoms with E-state index in [1.165, 1.54) is 14.2 Å². The van der Waals surface area contributed by atoms with E-state index in [1.54, 1.807) is 14.2 Å². The molecule has 0 aliphatic rings. The molecule has 1 N–H and O–H groups in total. The van der Waals surface area contributed by atoms with Gasteiger partial charge in [-0.3, -0.25) is 0 Å². The van der Waals surface area contributed by atoms with E-state index in [1.807, 2.05) is 0 Å². The van der Waals surface area contributed by atoms with Crippen LogP contribution < -0.4 is 14.8 Å². The first-order valence-corrected chi connectivity index (χ1v) is 4.87. The fourth-order valence-electron chi connectivity index (χ4n) is 1.04. The van der Waals surface area contributed by atoms with Crippen molar-refractivity contribution in [3.05, 3.63) is 0 Å². The van der Waals surface area contributed by atoms with Gasteiger partial charge >= 0.3 is 12.0 Å². The Bertz CT molecular complexity index is 324. The van der Waals surface area contributed by atoms with Crippen LogP contribution in [-0.4, -0.2) is 56.2 Å². The van der Waals surface area contributed by atoms with Crippen molar-refractivity contribution in [2.75, 3.05) is 40.3 Å². The van der Waals surface area contributed by atoms with E-state index in [4.69, 9.17) is 18.9 Å². The highest BCUT2D eigenvalue weighted by atomic mass is 16.7. The zero-order valence-electron chi connectivity index (χ0n) is 10.3. The lowest BCUT2D eigenvalue weighted by Crippen LogP contribution is -2.24. The summed E-state index contributed by atoms with van der Waals surface area (Å²) in [5.41, 5.74) is 0. The fraction of sp³-hybridized carbons (Fsp3) is 0.667. The number of methoxy groups -OCH3 is 4. The van der Waals surface area contributed by atoms with Crippen molar-refractivity contribution in [2.45, 2.75) is 6.29 Å². The summed E-state index contributed by atoms with van der Waals surface area (Å²) in [4.78, 5) is 11.9. The number of hydrogen-bond acceptors (Lipinski definition) is 8. The summed E-state index contributed by atoms with van der Waals surface area (Å²) in [6.45, 7) is 0.392. The molecule has 0 bridgehead atoms. The Kier molecular flexibility index (Phi) is 5.37. The maximum absolute atomic E-state index is 5.02. The fourth-order valence-corrected chi connectivity index (χ4v) is 1.04. The summed E-state index contributed by atoms with van der Waals surface area (Å²) in [7, 11) is 6.02. The average molecular weight is 244 g/mol. The van der Waals surface area contributed by atoms with Crippen molar-refractivity contribution in [3.63, 3.8) is 0 Å². The number of anilines is 1. The van der Waals surface area contributed by atoms with Gasteiger partial charge in [-0.25, -0.2) is 0 Å². The first-order valence-electron chi connectivity index (χ1n) is 4.87. The van der Waals surface area contributed by atoms with Gasteiger partial charge in [-0.15, -0.1) is 4.98 Å². The number of nitrogens with zero attached hydrogens (tertiary/aromatic N) is 3. The average Bonchev–Trinajstić information content (AvgIpc) is 2.39. The van der Waals surface area contributed by atoms with Gasteiger partial charge in [0.25, 0.3) is 0 Å². The van der Waals surface area contributed by atoms with Crippen LogP contribution in [0.4, 0.5) is 5.95 Å². The monoisotopic (exact) mass is 244 g/mol. The molecule has 1 aromatic heterocycles. The van der Waals surface area contributed by atoms with Crippen molar-refractivity contribution in [1.29, 1.82) is 0 Å². The van der Waals surface area contributed by atoms with Crippen LogP contribution in [0.5, 0.6) is 12.0 Å². The maximum atomic E-state index is 5.02. The summed E-state index contributed by atoms with van der Waals surface area (Å²) >= 11 is 0. The SMILES string of the molecule is COc1nc(NCC(OC)OC)nc(OC)n1. The second-order valence-corrected chi connectivity index (χ2v) is 2.91. The minimum absolute atomic E-state index is 0.172. The summed E-state index contributed by atoms with van der Waals surface area (Å²) in [6, 6.07) is 0.344. The van der Waals surface area contributed by atoms with Gasteiger partial charge < -0.3 is 24.3 Å². The molecule has 0 aromatic carbocycles. The Labute approximate surface area is 99.3 Å². The third kappa shape index (κ3) is 4.00. The molecule has 1 aromatic rings. The Morgan fingerprint density at radius 2 is 1.47 bits per heavy atom. The molecule has 0 spiro atoms. The normalized spacial score (nSPS) is 10.4. The van der Waals surface area contributed by atoms with E-state index in [-0.39, 0.29) is 18.3 Å². The van der Waals surface area contributed by atoms with Crippen LogP contribution in [0.2, 0.25) is 0 Å². The smallest absolute Gasteiger partial charge is 0.324 e. The molecular weight excluding hydrogens is 228 g/mol. The summed E-state index contributed by atoms with van der Waals surface area (Å²) in [5.74, 6) is 0.327. The van der Waals surface area contributed by atoms with E-state index in [0.717, 1.165) is 0 Å². The number of aromatic nitrogens is 3. The first kappa shape index (κ1) is 13.4. The molecule has 1 rings (SSSR count). The lowest BCUT2D eigenvalue weighted by molar-refractivity contribution is -0.0914. The van der Waals surface area contributed by atoms with E-state index in [9.17, 15) is 0 Å². The molecule has 8 heteroatoms. The Morgan fingerprint density at radius 3 is 1.88 bits per heavy atom. The molecule has 8 nitrogen and oxygen atoms in total. The number of hydrogen-bond donors (Lipinski definition) is 1. The van der Waals surface area contributed by atoms with Crippen LogP contribution in [-0.2, 0) is 9.47 Å². The first-order chi connectivity index (χ1) is 8.23. The van der Waals surface area contributed by atoms with Crippen molar-refractivity contribution in [2.24, 2.45) is 0 Å². The largest absolute Gasteiger partial charge is 0.467 e. The Morgan fingerprint density at radius 1 is 0.941 bits per heavy atom. The number of nitrogens with one attached hydrogen (secondary N) is 1. The molecule has 0 aliphatic heterocycles. The molecular formula is C9H16N4O4. The maximum Gasteiger partial charge on any atom is 0.324 e. The van der Waals surface area contributed by atoms with Crippen LogP contribution in [0.3, 0.4) is 0 Å². The van der Waals surface area contributed by atoms with Gasteiger partial charge in [0.1, 0.15) is 0 Å². The number of rotatable bonds is 7. The highest BCUT2D eigenvalue weighted by molar-refractivity contribution is 5.27. The molecule has 0 aliphatic carbocycles. The molecule has 0 unspecified atom stereocenters. The van der Waals surface area contributed by atoms with E-state index < -0.39 is 0 Å². The second-order valence-electron chi connectivity index (χ2n) is 2.91. The molecule has 0 saturated heterocycles. The summed E-state index contributed by atoms with van der Waals surface area (Å²) < 4.78 is 19.9. The van der Waals surface area contributed by atoms with Gasteiger partial charge in [0, 0.05) is 14.2 Å². The third-order valence-corrected chi connectivity index (χ3v) is 1.91. The van der Waals surface area contributed by atoms with Crippen molar-refractivity contribution in [1.82, 2.24) is 15.0 Å². The van der Waals surface area contributed by atoms with Crippen molar-refractivity contribution >= 4 is 5.95 Å². The van der Waals surface area contributed by atoms with Crippen LogP contribution in [0.15, 0.2) is 0 Å². The predicted octanol–water partition coefficient (Wildman–Crippen LogP) is -0.0804. The zero-order chi connectivity index (χ0) is 12.7. The lowest BCUT2D eigenvalue weighted by atomic mass is 10.6. The van der Waals surface area contributed by atoms with E-state index in [2.05, 4.69) is 20.3 Å². The minimum atomic E-state index is -0.385. The van der Waals surface area contributed by atoms with Gasteiger partial charge in [0.05, 0.1) is 20.8 Å². The quantitative estimate of drug-likeness (QED) is 0.666. The summed E-state index contributed by atoms with van der Waals surface area (Å²) in [6.07, 6.45) is -0.385. The van der Waals surface area contributed by atoms with Crippen molar-refractivity contribution < 1.29 is 18.9 Å². The topological polar surface area (TPSA) is 87.6 Å². The van der Waals surface area contributed by atoms with E-state index in [0.29, 0.717) is 12.5 Å². The molecule has 0 atom stereocenters. The van der Waals surface area contributed by atoms with E-state index >= 15 is 0 Å². The zero-order valence-corrected chi connectivity index (χ0v) is 10.3. The highest BCUT2D eigenvalue weighted by Crippen LogP contribution is 2.11. The molecule has 0 saturated carbocycles. The molecule has 0 fully saturated rings. The molecule has 0 radical (unpaired) electrons. The van der Waals surface area contributed by atoms with Crippen LogP contribution in [0.25, 0.3) is 0 Å². The van der Waals surface area contributed by atoms with Gasteiger partial charge in [0.2, 0.25) is 5.95 Å². The highest BCUT2D eigenvalue weighted by Gasteiger charge is 2.09. The molecule has 17 heavy (non-hydrogen) atoms. The van der Waals surface area contributed by atoms with Crippen LogP contribution in [0.1, 0.15) is 0 Å². The van der Waals surface area contributed by atoms with Gasteiger partial charge in [-0.1, -0.05) is 0 Å². The van der Waals surface area contributed by atoms with Gasteiger partial charge in [-0.2, -0.15) is 9.97 Å². The van der Waals surface area contributed by atoms with Gasteiger partial charge in [0.15, 0.2) is 6.29 Å². The standard InChI is InChI=1S/C9H16N4O4/c1-14-6(15-2)5-10-7-11-8(16-3)13-9(12-7)17-4/h6H,5H2,1-4H3,(H,10,11,12,13). The van der Waals surface area contributed by atoms with Crippen LogP contribution >= 0.6 is 0 Å². The minimum Gasteiger partial charge on any atom is -0.467 e. The number of ether oxygens (including phenoxy) is 4. The Hall–Kier alpha value is -1.67. The Balaban J connectivity index is 2.69. The predicted molar refractivity (Wildman–Crippen MR) is 59.2 cm³/mol. The lowest BCUT2D eigenvalue weighted by Gasteiger charge is -2.14. The second kappa shape index (κ2) is 6.81. The third-order valence-electron chi connectivity index (χ3n) is 1.91. The molecule has 0 amide bonds. The molecule has 96 valence electrons. The van der Waals surface area contributed by atoms with Gasteiger partial charge in [-0.05, 0) is 0 Å². The molecule has 1 heterocycles. The van der Waals surface area contributed by atoms with Crippen LogP contribution in [0, 0.1) is 0 Å². The summed E-state index contributed by atoms with van der Waals surface area (Å²) in [5, 5.41) is 2.92. The van der Waals surface area contributed by atoms with Crippen molar-refractivity contribution in [3.8, 4) is 12.0 Å².